The number of halogens is 2. The Morgan fingerprint density at radius 1 is 0.895 bits per heavy atom. The third kappa shape index (κ3) is 6.17. The predicted molar refractivity (Wildman–Crippen MR) is 87.9 cm³/mol. The van der Waals surface area contributed by atoms with Crippen molar-refractivity contribution in [2.24, 2.45) is 5.41 Å². The summed E-state index contributed by atoms with van der Waals surface area (Å²) < 4.78 is 0. The number of nitrogens with one attached hydrogen (secondary N) is 1. The molecule has 2 aliphatic rings. The van der Waals surface area contributed by atoms with Crippen LogP contribution in [0.15, 0.2) is 0 Å². The number of nitrogens with zero attached hydrogens (tertiary/aromatic N) is 2. The summed E-state index contributed by atoms with van der Waals surface area (Å²) in [7, 11) is 0. The molecule has 0 unspecified atom stereocenters. The molecule has 2 rings (SSSR count). The lowest BCUT2D eigenvalue weighted by molar-refractivity contribution is 0.101. The Kier molecular flexibility index (Phi) is 9.63. The Hall–Kier alpha value is 0.460. The topological polar surface area (TPSA) is 18.5 Å². The Morgan fingerprint density at radius 2 is 1.37 bits per heavy atom. The highest BCUT2D eigenvalue weighted by Gasteiger charge is 2.28. The van der Waals surface area contributed by atoms with E-state index in [0.717, 1.165) is 0 Å². The minimum absolute atomic E-state index is 0. The molecular weight excluding hydrogens is 281 g/mol. The summed E-state index contributed by atoms with van der Waals surface area (Å²) in [6.07, 6.45) is 4.13. The van der Waals surface area contributed by atoms with E-state index >= 15 is 0 Å². The van der Waals surface area contributed by atoms with Gasteiger partial charge in [0, 0.05) is 39.3 Å². The van der Waals surface area contributed by atoms with Crippen molar-refractivity contribution in [3.8, 4) is 0 Å². The van der Waals surface area contributed by atoms with Crippen molar-refractivity contribution in [3.05, 3.63) is 0 Å². The van der Waals surface area contributed by atoms with E-state index in [1.54, 1.807) is 0 Å². The van der Waals surface area contributed by atoms with Gasteiger partial charge in [0.2, 0.25) is 0 Å². The van der Waals surface area contributed by atoms with Crippen LogP contribution in [0.25, 0.3) is 0 Å². The van der Waals surface area contributed by atoms with Crippen LogP contribution >= 0.6 is 24.8 Å². The molecule has 2 saturated heterocycles. The molecule has 3 nitrogen and oxygen atoms in total. The van der Waals surface area contributed by atoms with E-state index in [1.807, 2.05) is 0 Å². The maximum absolute atomic E-state index is 3.42. The summed E-state index contributed by atoms with van der Waals surface area (Å²) >= 11 is 0. The molecule has 0 amide bonds. The molecule has 19 heavy (non-hydrogen) atoms. The molecule has 2 aliphatic heterocycles. The van der Waals surface area contributed by atoms with Crippen LogP contribution in [0.2, 0.25) is 0 Å². The van der Waals surface area contributed by atoms with Crippen molar-refractivity contribution in [1.29, 1.82) is 0 Å². The lowest BCUT2D eigenvalue weighted by Gasteiger charge is -2.39. The zero-order valence-corrected chi connectivity index (χ0v) is 14.1. The van der Waals surface area contributed by atoms with Crippen LogP contribution in [-0.4, -0.2) is 62.2 Å². The van der Waals surface area contributed by atoms with Crippen molar-refractivity contribution in [2.45, 2.75) is 33.1 Å². The molecule has 0 aliphatic carbocycles. The fourth-order valence-electron chi connectivity index (χ4n) is 2.89. The fourth-order valence-corrected chi connectivity index (χ4v) is 2.89. The van der Waals surface area contributed by atoms with Gasteiger partial charge < -0.3 is 10.2 Å². The van der Waals surface area contributed by atoms with Crippen molar-refractivity contribution in [2.75, 3.05) is 52.4 Å². The molecular formula is C14H31Cl2N3. The molecule has 116 valence electrons. The van der Waals surface area contributed by atoms with Crippen LogP contribution in [0.5, 0.6) is 0 Å². The number of rotatable bonds is 4. The summed E-state index contributed by atoms with van der Waals surface area (Å²) in [6, 6.07) is 0. The van der Waals surface area contributed by atoms with Gasteiger partial charge in [-0.1, -0.05) is 20.3 Å². The third-order valence-electron chi connectivity index (χ3n) is 4.86. The van der Waals surface area contributed by atoms with Crippen molar-refractivity contribution < 1.29 is 0 Å². The molecule has 0 saturated carbocycles. The first-order chi connectivity index (χ1) is 8.22. The smallest absolute Gasteiger partial charge is 0.0110 e. The second-order valence-corrected chi connectivity index (χ2v) is 6.10. The van der Waals surface area contributed by atoms with Gasteiger partial charge in [0.1, 0.15) is 0 Å². The Labute approximate surface area is 131 Å². The van der Waals surface area contributed by atoms with E-state index in [0.29, 0.717) is 5.41 Å². The quantitative estimate of drug-likeness (QED) is 0.859. The van der Waals surface area contributed by atoms with Crippen LogP contribution in [0.4, 0.5) is 0 Å². The lowest BCUT2D eigenvalue weighted by Crippen LogP contribution is -2.47. The molecule has 0 spiro atoms. The van der Waals surface area contributed by atoms with E-state index < -0.39 is 0 Å². The minimum Gasteiger partial charge on any atom is -0.314 e. The monoisotopic (exact) mass is 311 g/mol. The Bertz CT molecular complexity index is 225. The fraction of sp³-hybridized carbons (Fsp3) is 1.00. The largest absolute Gasteiger partial charge is 0.314 e. The molecule has 0 atom stereocenters. The van der Waals surface area contributed by atoms with Gasteiger partial charge in [-0.15, -0.1) is 24.8 Å². The highest BCUT2D eigenvalue weighted by molar-refractivity contribution is 5.85. The summed E-state index contributed by atoms with van der Waals surface area (Å²) in [5.41, 5.74) is 0.631. The number of hydrogen-bond donors (Lipinski definition) is 1. The summed E-state index contributed by atoms with van der Waals surface area (Å²) in [6.45, 7) is 14.8. The van der Waals surface area contributed by atoms with Crippen LogP contribution < -0.4 is 5.32 Å². The van der Waals surface area contributed by atoms with Crippen molar-refractivity contribution >= 4 is 24.8 Å². The SMILES string of the molecule is CCC1(C)CCN(CCN2CCNCC2)CC1.Cl.Cl. The summed E-state index contributed by atoms with van der Waals surface area (Å²) in [4.78, 5) is 5.27. The molecule has 0 aromatic heterocycles. The van der Waals surface area contributed by atoms with Crippen LogP contribution in [0.3, 0.4) is 0 Å². The van der Waals surface area contributed by atoms with Gasteiger partial charge in [-0.3, -0.25) is 4.90 Å². The molecule has 2 fully saturated rings. The standard InChI is InChI=1S/C14H29N3.2ClH/c1-3-14(2)4-8-16(9-5-14)12-13-17-10-6-15-7-11-17;;/h15H,3-13H2,1-2H3;2*1H. The zero-order chi connectivity index (χ0) is 12.1. The highest BCUT2D eigenvalue weighted by atomic mass is 35.5. The number of piperazine rings is 1. The third-order valence-corrected chi connectivity index (χ3v) is 4.86. The van der Waals surface area contributed by atoms with E-state index in [1.165, 1.54) is 71.6 Å². The molecule has 0 aromatic carbocycles. The Balaban J connectivity index is 0.00000162. The lowest BCUT2D eigenvalue weighted by atomic mass is 9.78. The zero-order valence-electron chi connectivity index (χ0n) is 12.5. The van der Waals surface area contributed by atoms with Gasteiger partial charge in [-0.2, -0.15) is 0 Å². The van der Waals surface area contributed by atoms with E-state index in [-0.39, 0.29) is 24.8 Å². The van der Waals surface area contributed by atoms with Crippen LogP contribution in [-0.2, 0) is 0 Å². The normalized spacial score (nSPS) is 24.3. The minimum atomic E-state index is 0. The first kappa shape index (κ1) is 19.5. The molecule has 0 radical (unpaired) electrons. The van der Waals surface area contributed by atoms with Crippen LogP contribution in [0.1, 0.15) is 33.1 Å². The van der Waals surface area contributed by atoms with Crippen molar-refractivity contribution in [1.82, 2.24) is 15.1 Å². The van der Waals surface area contributed by atoms with Gasteiger partial charge >= 0.3 is 0 Å². The maximum Gasteiger partial charge on any atom is 0.0110 e. The molecule has 0 aromatic rings. The van der Waals surface area contributed by atoms with Crippen LogP contribution in [0, 0.1) is 5.41 Å². The number of hydrogen-bond acceptors (Lipinski definition) is 3. The number of likely N-dealkylation sites (tertiary alicyclic amines) is 1. The second-order valence-electron chi connectivity index (χ2n) is 6.10. The summed E-state index contributed by atoms with van der Waals surface area (Å²) in [5.74, 6) is 0. The molecule has 2 heterocycles. The highest BCUT2D eigenvalue weighted by Crippen LogP contribution is 2.33. The molecule has 1 N–H and O–H groups in total. The van der Waals surface area contributed by atoms with Gasteiger partial charge in [-0.25, -0.2) is 0 Å². The first-order valence-corrected chi connectivity index (χ1v) is 7.37. The van der Waals surface area contributed by atoms with E-state index in [2.05, 4.69) is 29.0 Å². The first-order valence-electron chi connectivity index (χ1n) is 7.37. The average Bonchev–Trinajstić information content (AvgIpc) is 2.39. The number of piperidine rings is 1. The molecule has 0 bridgehead atoms. The van der Waals surface area contributed by atoms with Crippen molar-refractivity contribution in [3.63, 3.8) is 0 Å². The molecule has 5 heteroatoms. The second kappa shape index (κ2) is 9.41. The van der Waals surface area contributed by atoms with Gasteiger partial charge in [0.25, 0.3) is 0 Å². The van der Waals surface area contributed by atoms with Gasteiger partial charge in [0.15, 0.2) is 0 Å². The Morgan fingerprint density at radius 3 is 1.84 bits per heavy atom. The predicted octanol–water partition coefficient (Wildman–Crippen LogP) is 2.25. The van der Waals surface area contributed by atoms with E-state index in [4.69, 9.17) is 0 Å². The average molecular weight is 312 g/mol. The van der Waals surface area contributed by atoms with E-state index in [9.17, 15) is 0 Å². The summed E-state index contributed by atoms with van der Waals surface area (Å²) in [5, 5.41) is 3.42. The maximum atomic E-state index is 3.42. The van der Waals surface area contributed by atoms with Gasteiger partial charge in [0.05, 0.1) is 0 Å². The van der Waals surface area contributed by atoms with Gasteiger partial charge in [-0.05, 0) is 31.3 Å².